The average Bonchev–Trinajstić information content (AvgIpc) is 2.90. The lowest BCUT2D eigenvalue weighted by molar-refractivity contribution is -0.174. The van der Waals surface area contributed by atoms with Gasteiger partial charge in [0.25, 0.3) is 0 Å². The maximum atomic E-state index is 12.2. The monoisotopic (exact) mass is 400 g/mol. The van der Waals surface area contributed by atoms with E-state index in [0.29, 0.717) is 32.6 Å². The van der Waals surface area contributed by atoms with E-state index in [1.165, 1.54) is 4.90 Å². The third-order valence-corrected chi connectivity index (χ3v) is 4.30. The van der Waals surface area contributed by atoms with Gasteiger partial charge >= 0.3 is 12.1 Å². The molecule has 0 radical (unpaired) electrons. The number of hydrogen-bond acceptors (Lipinski definition) is 4. The number of nitrogens with zero attached hydrogens (tertiary/aromatic N) is 2. The van der Waals surface area contributed by atoms with Crippen molar-refractivity contribution in [1.82, 2.24) is 20.4 Å². The summed E-state index contributed by atoms with van der Waals surface area (Å²) >= 11 is 0. The molecule has 0 spiro atoms. The molecule has 0 aliphatic carbocycles. The SMILES string of the molecule is O=C(CN1CCCN(C(=O)CNC(=O)C(F)(F)F)CC1)NCc1ccccc1. The van der Waals surface area contributed by atoms with E-state index in [1.807, 2.05) is 35.2 Å². The number of carbonyl (C=O) groups excluding carboxylic acids is 3. The molecule has 154 valence electrons. The number of hydrogen-bond donors (Lipinski definition) is 2. The van der Waals surface area contributed by atoms with E-state index in [1.54, 1.807) is 5.32 Å². The van der Waals surface area contributed by atoms with E-state index in [0.717, 1.165) is 5.56 Å². The van der Waals surface area contributed by atoms with E-state index in [4.69, 9.17) is 0 Å². The zero-order valence-electron chi connectivity index (χ0n) is 15.3. The summed E-state index contributed by atoms with van der Waals surface area (Å²) in [6.07, 6.45) is -4.42. The zero-order chi connectivity index (χ0) is 20.6. The van der Waals surface area contributed by atoms with E-state index >= 15 is 0 Å². The van der Waals surface area contributed by atoms with Crippen LogP contribution >= 0.6 is 0 Å². The molecule has 2 rings (SSSR count). The van der Waals surface area contributed by atoms with Gasteiger partial charge in [0.15, 0.2) is 0 Å². The normalized spacial score (nSPS) is 15.6. The average molecular weight is 400 g/mol. The summed E-state index contributed by atoms with van der Waals surface area (Å²) in [5.74, 6) is -2.85. The zero-order valence-corrected chi connectivity index (χ0v) is 15.3. The minimum atomic E-state index is -5.01. The van der Waals surface area contributed by atoms with Crippen molar-refractivity contribution >= 4 is 17.7 Å². The Balaban J connectivity index is 1.72. The molecule has 1 heterocycles. The van der Waals surface area contributed by atoms with Gasteiger partial charge in [-0.3, -0.25) is 19.3 Å². The Labute approximate surface area is 160 Å². The third-order valence-electron chi connectivity index (χ3n) is 4.30. The van der Waals surface area contributed by atoms with Crippen molar-refractivity contribution in [2.24, 2.45) is 0 Å². The molecule has 0 unspecified atom stereocenters. The van der Waals surface area contributed by atoms with Crippen molar-refractivity contribution < 1.29 is 27.6 Å². The number of carbonyl (C=O) groups is 3. The second-order valence-corrected chi connectivity index (χ2v) is 6.45. The molecule has 1 aromatic rings. The van der Waals surface area contributed by atoms with Gasteiger partial charge in [-0.25, -0.2) is 0 Å². The minimum absolute atomic E-state index is 0.138. The maximum Gasteiger partial charge on any atom is 0.471 e. The topological polar surface area (TPSA) is 81.8 Å². The summed E-state index contributed by atoms with van der Waals surface area (Å²) < 4.78 is 36.5. The fraction of sp³-hybridized carbons (Fsp3) is 0.500. The highest BCUT2D eigenvalue weighted by Gasteiger charge is 2.38. The first-order valence-electron chi connectivity index (χ1n) is 8.91. The molecular formula is C18H23F3N4O3. The van der Waals surface area contributed by atoms with Crippen LogP contribution in [0.15, 0.2) is 30.3 Å². The lowest BCUT2D eigenvalue weighted by Crippen LogP contribution is -2.45. The van der Waals surface area contributed by atoms with Crippen LogP contribution in [-0.4, -0.2) is 73.0 Å². The highest BCUT2D eigenvalue weighted by atomic mass is 19.4. The Kier molecular flexibility index (Phi) is 7.80. The molecule has 0 atom stereocenters. The second-order valence-electron chi connectivity index (χ2n) is 6.45. The molecule has 3 amide bonds. The summed E-state index contributed by atoms with van der Waals surface area (Å²) in [5, 5.41) is 4.42. The Morgan fingerprint density at radius 2 is 1.68 bits per heavy atom. The number of alkyl halides is 3. The number of amides is 3. The third kappa shape index (κ3) is 7.18. The van der Waals surface area contributed by atoms with E-state index in [2.05, 4.69) is 5.32 Å². The summed E-state index contributed by atoms with van der Waals surface area (Å²) in [6.45, 7) is 1.58. The summed E-state index contributed by atoms with van der Waals surface area (Å²) in [6, 6.07) is 9.49. The van der Waals surface area contributed by atoms with Crippen molar-refractivity contribution in [2.45, 2.75) is 19.1 Å². The molecule has 28 heavy (non-hydrogen) atoms. The number of benzene rings is 1. The summed E-state index contributed by atoms with van der Waals surface area (Å²) in [5.41, 5.74) is 0.990. The number of rotatable bonds is 6. The molecule has 0 saturated carbocycles. The summed E-state index contributed by atoms with van der Waals surface area (Å²) in [7, 11) is 0. The standard InChI is InChI=1S/C18H23F3N4O3/c19-18(20,21)17(28)23-12-16(27)25-8-4-7-24(9-10-25)13-15(26)22-11-14-5-2-1-3-6-14/h1-3,5-6H,4,7-13H2,(H,22,26)(H,23,28). The molecule has 1 fully saturated rings. The molecule has 0 aromatic heterocycles. The predicted octanol–water partition coefficient (Wildman–Crippen LogP) is 0.516. The number of nitrogens with one attached hydrogen (secondary N) is 2. The van der Waals surface area contributed by atoms with Gasteiger partial charge < -0.3 is 15.5 Å². The minimum Gasteiger partial charge on any atom is -0.351 e. The van der Waals surface area contributed by atoms with Gasteiger partial charge in [-0.1, -0.05) is 30.3 Å². The fourth-order valence-corrected chi connectivity index (χ4v) is 2.80. The van der Waals surface area contributed by atoms with E-state index < -0.39 is 24.5 Å². The van der Waals surface area contributed by atoms with Crippen LogP contribution in [0.2, 0.25) is 0 Å². The van der Waals surface area contributed by atoms with E-state index in [-0.39, 0.29) is 19.0 Å². The smallest absolute Gasteiger partial charge is 0.351 e. The van der Waals surface area contributed by atoms with Crippen molar-refractivity contribution in [2.75, 3.05) is 39.3 Å². The van der Waals surface area contributed by atoms with Crippen LogP contribution in [0.25, 0.3) is 0 Å². The van der Waals surface area contributed by atoms with Crippen LogP contribution in [0.4, 0.5) is 13.2 Å². The highest BCUT2D eigenvalue weighted by molar-refractivity contribution is 5.87. The van der Waals surface area contributed by atoms with Crippen LogP contribution in [0.3, 0.4) is 0 Å². The van der Waals surface area contributed by atoms with Crippen LogP contribution in [0.5, 0.6) is 0 Å². The van der Waals surface area contributed by atoms with Gasteiger partial charge in [0.05, 0.1) is 13.1 Å². The first kappa shape index (κ1) is 21.7. The van der Waals surface area contributed by atoms with Gasteiger partial charge in [-0.05, 0) is 12.0 Å². The molecule has 0 bridgehead atoms. The van der Waals surface area contributed by atoms with Crippen LogP contribution in [0, 0.1) is 0 Å². The van der Waals surface area contributed by atoms with Crippen LogP contribution < -0.4 is 10.6 Å². The number of halogens is 3. The van der Waals surface area contributed by atoms with E-state index in [9.17, 15) is 27.6 Å². The van der Waals surface area contributed by atoms with Crippen molar-refractivity contribution in [3.8, 4) is 0 Å². The van der Waals surface area contributed by atoms with Gasteiger partial charge in [0, 0.05) is 32.7 Å². The molecule has 10 heteroatoms. The quantitative estimate of drug-likeness (QED) is 0.730. The largest absolute Gasteiger partial charge is 0.471 e. The van der Waals surface area contributed by atoms with Crippen molar-refractivity contribution in [1.29, 1.82) is 0 Å². The maximum absolute atomic E-state index is 12.2. The molecule has 1 aromatic carbocycles. The lowest BCUT2D eigenvalue weighted by atomic mass is 10.2. The fourth-order valence-electron chi connectivity index (χ4n) is 2.80. The Morgan fingerprint density at radius 1 is 0.964 bits per heavy atom. The second kappa shape index (κ2) is 10.1. The Morgan fingerprint density at radius 3 is 2.36 bits per heavy atom. The molecule has 2 N–H and O–H groups in total. The van der Waals surface area contributed by atoms with Crippen LogP contribution in [-0.2, 0) is 20.9 Å². The van der Waals surface area contributed by atoms with Gasteiger partial charge in [-0.2, -0.15) is 13.2 Å². The predicted molar refractivity (Wildman–Crippen MR) is 95.0 cm³/mol. The molecule has 7 nitrogen and oxygen atoms in total. The van der Waals surface area contributed by atoms with Crippen LogP contribution in [0.1, 0.15) is 12.0 Å². The molecule has 1 aliphatic rings. The van der Waals surface area contributed by atoms with Gasteiger partial charge in [0.1, 0.15) is 0 Å². The Hall–Kier alpha value is -2.62. The molecule has 1 saturated heterocycles. The Bertz CT molecular complexity index is 682. The highest BCUT2D eigenvalue weighted by Crippen LogP contribution is 2.14. The molecular weight excluding hydrogens is 377 g/mol. The summed E-state index contributed by atoms with van der Waals surface area (Å²) in [4.78, 5) is 38.2. The van der Waals surface area contributed by atoms with Crippen molar-refractivity contribution in [3.05, 3.63) is 35.9 Å². The lowest BCUT2D eigenvalue weighted by Gasteiger charge is -2.22. The first-order valence-corrected chi connectivity index (χ1v) is 8.91. The van der Waals surface area contributed by atoms with Crippen molar-refractivity contribution in [3.63, 3.8) is 0 Å². The van der Waals surface area contributed by atoms with Gasteiger partial charge in [-0.15, -0.1) is 0 Å². The van der Waals surface area contributed by atoms with Gasteiger partial charge in [0.2, 0.25) is 11.8 Å². The first-order chi connectivity index (χ1) is 13.3. The molecule has 1 aliphatic heterocycles.